The number of anilines is 1. The monoisotopic (exact) mass is 446 g/mol. The van der Waals surface area contributed by atoms with Crippen molar-refractivity contribution in [1.82, 2.24) is 4.98 Å². The van der Waals surface area contributed by atoms with Crippen molar-refractivity contribution in [3.05, 3.63) is 86.6 Å². The molecule has 3 aromatic rings. The van der Waals surface area contributed by atoms with Gasteiger partial charge < -0.3 is 5.32 Å². The molecule has 1 amide bonds. The highest BCUT2D eigenvalue weighted by Gasteiger charge is 2.43. The number of pyridine rings is 1. The fraction of sp³-hybridized carbons (Fsp3) is 0.208. The number of carbonyl (C=O) groups excluding carboxylic acids is 1. The number of carbonyl (C=O) groups is 1. The normalized spacial score (nSPS) is 16.8. The summed E-state index contributed by atoms with van der Waals surface area (Å²) in [5, 5.41) is 23.7. The van der Waals surface area contributed by atoms with Crippen molar-refractivity contribution in [2.75, 3.05) is 5.32 Å². The number of hydrogen-bond donors (Lipinski definition) is 1. The quantitative estimate of drug-likeness (QED) is 0.407. The van der Waals surface area contributed by atoms with E-state index in [1.165, 1.54) is 13.1 Å². The fourth-order valence-corrected chi connectivity index (χ4v) is 4.01. The van der Waals surface area contributed by atoms with E-state index in [1.54, 1.807) is 0 Å². The SMILES string of the molecule is Cc1c(Cl)cnc(NC(=O)C2CC2Cc2ccc(-c3ccccc3)c(C#N)c2)c1[N+](=O)[O-]. The number of benzene rings is 2. The zero-order chi connectivity index (χ0) is 22.8. The van der Waals surface area contributed by atoms with Crippen LogP contribution in [0.3, 0.4) is 0 Å². The lowest BCUT2D eigenvalue weighted by atomic mass is 9.96. The number of hydrogen-bond acceptors (Lipinski definition) is 5. The zero-order valence-corrected chi connectivity index (χ0v) is 18.0. The van der Waals surface area contributed by atoms with Crippen molar-refractivity contribution in [2.24, 2.45) is 11.8 Å². The van der Waals surface area contributed by atoms with E-state index < -0.39 is 4.92 Å². The average molecular weight is 447 g/mol. The van der Waals surface area contributed by atoms with Crippen molar-refractivity contribution in [1.29, 1.82) is 5.26 Å². The minimum Gasteiger partial charge on any atom is -0.305 e. The van der Waals surface area contributed by atoms with E-state index in [4.69, 9.17) is 11.6 Å². The summed E-state index contributed by atoms with van der Waals surface area (Å²) in [6.45, 7) is 1.52. The number of nitrogens with zero attached hydrogens (tertiary/aromatic N) is 3. The van der Waals surface area contributed by atoms with Crippen LogP contribution in [-0.2, 0) is 11.2 Å². The van der Waals surface area contributed by atoms with Crippen molar-refractivity contribution in [3.63, 3.8) is 0 Å². The summed E-state index contributed by atoms with van der Waals surface area (Å²) in [5.74, 6) is -0.538. The predicted molar refractivity (Wildman–Crippen MR) is 121 cm³/mol. The first-order chi connectivity index (χ1) is 15.4. The summed E-state index contributed by atoms with van der Waals surface area (Å²) in [5.41, 5.74) is 3.39. The van der Waals surface area contributed by atoms with Gasteiger partial charge in [-0.1, -0.05) is 54.1 Å². The number of rotatable bonds is 6. The smallest absolute Gasteiger partial charge is 0.305 e. The van der Waals surface area contributed by atoms with Gasteiger partial charge in [-0.25, -0.2) is 4.98 Å². The van der Waals surface area contributed by atoms with Gasteiger partial charge in [-0.05, 0) is 48.4 Å². The Hall–Kier alpha value is -3.76. The van der Waals surface area contributed by atoms with Gasteiger partial charge in [0.05, 0.1) is 27.1 Å². The molecule has 4 rings (SSSR count). The van der Waals surface area contributed by atoms with Crippen LogP contribution in [0.15, 0.2) is 54.7 Å². The van der Waals surface area contributed by atoms with Gasteiger partial charge in [-0.15, -0.1) is 0 Å². The van der Waals surface area contributed by atoms with Crippen molar-refractivity contribution in [2.45, 2.75) is 19.8 Å². The minimum atomic E-state index is -0.591. The Labute approximate surface area is 189 Å². The first-order valence-electron chi connectivity index (χ1n) is 10.1. The van der Waals surface area contributed by atoms with E-state index in [9.17, 15) is 20.2 Å². The van der Waals surface area contributed by atoms with Crippen LogP contribution in [0, 0.1) is 40.2 Å². The minimum absolute atomic E-state index is 0.0912. The molecule has 2 unspecified atom stereocenters. The lowest BCUT2D eigenvalue weighted by molar-refractivity contribution is -0.384. The van der Waals surface area contributed by atoms with E-state index >= 15 is 0 Å². The molecule has 1 aliphatic rings. The van der Waals surface area contributed by atoms with Crippen LogP contribution in [0.5, 0.6) is 0 Å². The lowest BCUT2D eigenvalue weighted by Gasteiger charge is -2.09. The molecule has 2 aromatic carbocycles. The van der Waals surface area contributed by atoms with Gasteiger partial charge in [0, 0.05) is 12.1 Å². The number of nitro groups is 1. The van der Waals surface area contributed by atoms with Crippen molar-refractivity contribution in [3.8, 4) is 17.2 Å². The highest BCUT2D eigenvalue weighted by atomic mass is 35.5. The molecule has 32 heavy (non-hydrogen) atoms. The van der Waals surface area contributed by atoms with E-state index in [0.29, 0.717) is 18.4 Å². The van der Waals surface area contributed by atoms with E-state index in [0.717, 1.165) is 16.7 Å². The summed E-state index contributed by atoms with van der Waals surface area (Å²) in [4.78, 5) is 27.4. The summed E-state index contributed by atoms with van der Waals surface area (Å²) in [7, 11) is 0. The summed E-state index contributed by atoms with van der Waals surface area (Å²) < 4.78 is 0. The van der Waals surface area contributed by atoms with Gasteiger partial charge in [0.1, 0.15) is 0 Å². The Bertz CT molecular complexity index is 1250. The summed E-state index contributed by atoms with van der Waals surface area (Å²) >= 11 is 5.93. The Morgan fingerprint density at radius 3 is 2.75 bits per heavy atom. The first kappa shape index (κ1) is 21.5. The molecule has 1 heterocycles. The van der Waals surface area contributed by atoms with Crippen LogP contribution >= 0.6 is 11.6 Å². The standard InChI is InChI=1S/C24H19ClN4O3/c1-14-21(25)13-27-23(22(14)29(31)32)28-24(30)20-11-17(20)9-15-7-8-19(18(10-15)12-26)16-5-3-2-4-6-16/h2-8,10,13,17,20H,9,11H2,1H3,(H,27,28,30). The molecular weight excluding hydrogens is 428 g/mol. The molecule has 1 fully saturated rings. The van der Waals surface area contributed by atoms with Gasteiger partial charge in [0.15, 0.2) is 0 Å². The van der Waals surface area contributed by atoms with E-state index in [-0.39, 0.29) is 39.8 Å². The fourth-order valence-electron chi connectivity index (χ4n) is 3.87. The second-order valence-electron chi connectivity index (χ2n) is 7.84. The number of nitrogens with one attached hydrogen (secondary N) is 1. The molecule has 0 aliphatic heterocycles. The van der Waals surface area contributed by atoms with E-state index in [1.807, 2.05) is 48.5 Å². The zero-order valence-electron chi connectivity index (χ0n) is 17.2. The van der Waals surface area contributed by atoms with Crippen LogP contribution < -0.4 is 5.32 Å². The third-order valence-corrected chi connectivity index (χ3v) is 6.10. The van der Waals surface area contributed by atoms with Crippen LogP contribution in [0.4, 0.5) is 11.5 Å². The molecule has 7 nitrogen and oxygen atoms in total. The Kier molecular flexibility index (Phi) is 5.89. The van der Waals surface area contributed by atoms with Gasteiger partial charge in [0.2, 0.25) is 11.7 Å². The molecular formula is C24H19ClN4O3. The molecule has 160 valence electrons. The lowest BCUT2D eigenvalue weighted by Crippen LogP contribution is -2.17. The molecule has 1 aromatic heterocycles. The number of aromatic nitrogens is 1. The molecule has 0 saturated heterocycles. The molecule has 0 radical (unpaired) electrons. The third kappa shape index (κ3) is 4.32. The Balaban J connectivity index is 1.45. The average Bonchev–Trinajstić information content (AvgIpc) is 3.56. The molecule has 0 bridgehead atoms. The second-order valence-corrected chi connectivity index (χ2v) is 8.25. The Morgan fingerprint density at radius 1 is 1.31 bits per heavy atom. The van der Waals surface area contributed by atoms with Crippen molar-refractivity contribution < 1.29 is 9.72 Å². The molecule has 1 aliphatic carbocycles. The van der Waals surface area contributed by atoms with Gasteiger partial charge in [-0.3, -0.25) is 14.9 Å². The van der Waals surface area contributed by atoms with Crippen molar-refractivity contribution >= 4 is 29.0 Å². The van der Waals surface area contributed by atoms with Gasteiger partial charge in [0.25, 0.3) is 0 Å². The summed E-state index contributed by atoms with van der Waals surface area (Å²) in [6.07, 6.45) is 2.62. The highest BCUT2D eigenvalue weighted by molar-refractivity contribution is 6.31. The maximum atomic E-state index is 12.6. The molecule has 1 N–H and O–H groups in total. The number of amides is 1. The van der Waals surface area contributed by atoms with Crippen LogP contribution in [0.1, 0.15) is 23.1 Å². The number of halogens is 1. The second kappa shape index (κ2) is 8.77. The summed E-state index contributed by atoms with van der Waals surface area (Å²) in [6, 6.07) is 17.7. The van der Waals surface area contributed by atoms with E-state index in [2.05, 4.69) is 16.4 Å². The van der Waals surface area contributed by atoms with Gasteiger partial charge >= 0.3 is 5.69 Å². The maximum Gasteiger partial charge on any atom is 0.316 e. The Morgan fingerprint density at radius 2 is 2.06 bits per heavy atom. The largest absolute Gasteiger partial charge is 0.316 e. The topological polar surface area (TPSA) is 109 Å². The molecule has 0 spiro atoms. The first-order valence-corrected chi connectivity index (χ1v) is 10.5. The van der Waals surface area contributed by atoms with Crippen LogP contribution in [0.2, 0.25) is 5.02 Å². The molecule has 2 atom stereocenters. The number of nitriles is 1. The third-order valence-electron chi connectivity index (χ3n) is 5.72. The predicted octanol–water partition coefficient (Wildman–Crippen LogP) is 5.31. The molecule has 8 heteroatoms. The van der Waals surface area contributed by atoms with Crippen LogP contribution in [-0.4, -0.2) is 15.8 Å². The maximum absolute atomic E-state index is 12.6. The van der Waals surface area contributed by atoms with Gasteiger partial charge in [-0.2, -0.15) is 5.26 Å². The van der Waals surface area contributed by atoms with Crippen LogP contribution in [0.25, 0.3) is 11.1 Å². The highest BCUT2D eigenvalue weighted by Crippen LogP contribution is 2.43. The molecule has 1 saturated carbocycles.